The van der Waals surface area contributed by atoms with E-state index in [9.17, 15) is 9.59 Å². The second-order valence-corrected chi connectivity index (χ2v) is 6.61. The predicted octanol–water partition coefficient (Wildman–Crippen LogP) is 5.00. The molecule has 0 bridgehead atoms. The molecular formula is C19H19BrO3. The molecule has 0 radical (unpaired) electrons. The second kappa shape index (κ2) is 7.55. The number of carbonyl (C=O) groups is 2. The van der Waals surface area contributed by atoms with Gasteiger partial charge in [0, 0.05) is 10.0 Å². The van der Waals surface area contributed by atoms with Gasteiger partial charge >= 0.3 is 5.97 Å². The smallest absolute Gasteiger partial charge is 0.338 e. The Labute approximate surface area is 144 Å². The lowest BCUT2D eigenvalue weighted by Crippen LogP contribution is -2.24. The minimum atomic E-state index is -0.826. The van der Waals surface area contributed by atoms with Gasteiger partial charge in [-0.15, -0.1) is 0 Å². The molecule has 120 valence electrons. The Balaban J connectivity index is 2.04. The highest BCUT2D eigenvalue weighted by Crippen LogP contribution is 2.17. The van der Waals surface area contributed by atoms with E-state index in [-0.39, 0.29) is 5.78 Å². The lowest BCUT2D eigenvalue weighted by Gasteiger charge is -2.13. The van der Waals surface area contributed by atoms with Gasteiger partial charge in [-0.2, -0.15) is 0 Å². The summed E-state index contributed by atoms with van der Waals surface area (Å²) in [6, 6.07) is 14.2. The zero-order valence-electron chi connectivity index (χ0n) is 13.4. The molecule has 0 unspecified atom stereocenters. The average molecular weight is 375 g/mol. The number of esters is 1. The Morgan fingerprint density at radius 2 is 1.39 bits per heavy atom. The van der Waals surface area contributed by atoms with Crippen LogP contribution < -0.4 is 0 Å². The van der Waals surface area contributed by atoms with E-state index in [4.69, 9.17) is 4.74 Å². The number of ketones is 1. The molecule has 0 aliphatic heterocycles. The van der Waals surface area contributed by atoms with Crippen LogP contribution in [0.5, 0.6) is 0 Å². The van der Waals surface area contributed by atoms with Crippen molar-refractivity contribution in [2.24, 2.45) is 0 Å². The van der Waals surface area contributed by atoms with E-state index in [1.165, 1.54) is 0 Å². The number of benzene rings is 2. The van der Waals surface area contributed by atoms with Crippen molar-refractivity contribution in [1.29, 1.82) is 0 Å². The highest BCUT2D eigenvalue weighted by molar-refractivity contribution is 9.10. The minimum Gasteiger partial charge on any atom is -0.451 e. The van der Waals surface area contributed by atoms with Gasteiger partial charge < -0.3 is 4.74 Å². The number of ether oxygens (including phenoxy) is 1. The molecule has 0 fully saturated rings. The molecule has 2 rings (SSSR count). The zero-order chi connectivity index (χ0) is 17.0. The second-order valence-electron chi connectivity index (χ2n) is 5.70. The third-order valence-electron chi connectivity index (χ3n) is 3.59. The summed E-state index contributed by atoms with van der Waals surface area (Å²) in [6.45, 7) is 5.77. The topological polar surface area (TPSA) is 43.4 Å². The lowest BCUT2D eigenvalue weighted by atomic mass is 10.0. The average Bonchev–Trinajstić information content (AvgIpc) is 2.54. The van der Waals surface area contributed by atoms with E-state index < -0.39 is 12.1 Å². The number of rotatable bonds is 5. The third kappa shape index (κ3) is 4.52. The van der Waals surface area contributed by atoms with Gasteiger partial charge in [0.1, 0.15) is 0 Å². The molecule has 0 saturated heterocycles. The summed E-state index contributed by atoms with van der Waals surface area (Å²) < 4.78 is 6.18. The molecule has 0 aliphatic rings. The fourth-order valence-electron chi connectivity index (χ4n) is 2.14. The number of halogens is 1. The van der Waals surface area contributed by atoms with Gasteiger partial charge in [-0.3, -0.25) is 4.79 Å². The molecule has 0 aliphatic carbocycles. The van der Waals surface area contributed by atoms with Crippen LogP contribution in [0.15, 0.2) is 53.0 Å². The summed E-state index contributed by atoms with van der Waals surface area (Å²) in [7, 11) is 0. The van der Waals surface area contributed by atoms with Crippen LogP contribution in [0, 0.1) is 0 Å². The van der Waals surface area contributed by atoms with E-state index in [2.05, 4.69) is 29.8 Å². The summed E-state index contributed by atoms with van der Waals surface area (Å²) in [5.74, 6) is -0.305. The van der Waals surface area contributed by atoms with Gasteiger partial charge in [-0.1, -0.05) is 54.0 Å². The van der Waals surface area contributed by atoms with Crippen LogP contribution in [0.1, 0.15) is 53.0 Å². The first-order valence-corrected chi connectivity index (χ1v) is 8.28. The van der Waals surface area contributed by atoms with Crippen molar-refractivity contribution in [3.8, 4) is 0 Å². The third-order valence-corrected chi connectivity index (χ3v) is 4.12. The minimum absolute atomic E-state index is 0.218. The zero-order valence-corrected chi connectivity index (χ0v) is 15.0. The standard InChI is InChI=1S/C19H19BrO3/c1-12(2)14-4-6-16(7-5-14)19(22)23-13(3)18(21)15-8-10-17(20)11-9-15/h4-13H,1-3H3/t13-/m1/s1. The van der Waals surface area contributed by atoms with Crippen molar-refractivity contribution in [1.82, 2.24) is 0 Å². The Bertz CT molecular complexity index is 688. The number of hydrogen-bond donors (Lipinski definition) is 0. The van der Waals surface area contributed by atoms with Gasteiger partial charge in [0.25, 0.3) is 0 Å². The van der Waals surface area contributed by atoms with Crippen molar-refractivity contribution in [3.05, 3.63) is 69.7 Å². The van der Waals surface area contributed by atoms with E-state index in [1.807, 2.05) is 12.1 Å². The molecule has 23 heavy (non-hydrogen) atoms. The highest BCUT2D eigenvalue weighted by atomic mass is 79.9. The molecule has 0 heterocycles. The first-order chi connectivity index (χ1) is 10.9. The SMILES string of the molecule is CC(C)c1ccc(C(=O)O[C@H](C)C(=O)c2ccc(Br)cc2)cc1. The van der Waals surface area contributed by atoms with Crippen LogP contribution in [0.4, 0.5) is 0 Å². The Morgan fingerprint density at radius 1 is 0.870 bits per heavy atom. The van der Waals surface area contributed by atoms with Crippen LogP contribution >= 0.6 is 15.9 Å². The first-order valence-electron chi connectivity index (χ1n) is 7.49. The molecule has 2 aromatic carbocycles. The van der Waals surface area contributed by atoms with E-state index in [0.717, 1.165) is 10.0 Å². The van der Waals surface area contributed by atoms with E-state index in [1.54, 1.807) is 43.3 Å². The molecule has 4 heteroatoms. The van der Waals surface area contributed by atoms with Crippen molar-refractivity contribution in [3.63, 3.8) is 0 Å². The fraction of sp³-hybridized carbons (Fsp3) is 0.263. The van der Waals surface area contributed by atoms with Gasteiger partial charge in [0.2, 0.25) is 5.78 Å². The molecule has 0 saturated carbocycles. The maximum Gasteiger partial charge on any atom is 0.338 e. The number of carbonyl (C=O) groups excluding carboxylic acids is 2. The fourth-order valence-corrected chi connectivity index (χ4v) is 2.40. The number of Topliss-reactive ketones (excluding diaryl/α,β-unsaturated/α-hetero) is 1. The Hall–Kier alpha value is -1.94. The molecule has 1 atom stereocenters. The van der Waals surface area contributed by atoms with Crippen LogP contribution in [-0.2, 0) is 4.74 Å². The Kier molecular flexibility index (Phi) is 5.72. The summed E-state index contributed by atoms with van der Waals surface area (Å²) in [4.78, 5) is 24.4. The summed E-state index contributed by atoms with van der Waals surface area (Å²) >= 11 is 3.32. The van der Waals surface area contributed by atoms with Crippen LogP contribution in [0.25, 0.3) is 0 Å². The summed E-state index contributed by atoms with van der Waals surface area (Å²) in [5.41, 5.74) is 2.12. The molecule has 0 amide bonds. The van der Waals surface area contributed by atoms with Crippen molar-refractivity contribution < 1.29 is 14.3 Å². The normalized spacial score (nSPS) is 12.0. The monoisotopic (exact) mass is 374 g/mol. The highest BCUT2D eigenvalue weighted by Gasteiger charge is 2.20. The molecular weight excluding hydrogens is 356 g/mol. The van der Waals surface area contributed by atoms with E-state index >= 15 is 0 Å². The molecule has 0 spiro atoms. The molecule has 0 N–H and O–H groups in total. The molecule has 0 aromatic heterocycles. The number of hydrogen-bond acceptors (Lipinski definition) is 3. The van der Waals surface area contributed by atoms with Crippen molar-refractivity contribution >= 4 is 27.7 Å². The Morgan fingerprint density at radius 3 is 1.91 bits per heavy atom. The lowest BCUT2D eigenvalue weighted by molar-refractivity contribution is 0.0319. The molecule has 2 aromatic rings. The summed E-state index contributed by atoms with van der Waals surface area (Å²) in [5, 5.41) is 0. The van der Waals surface area contributed by atoms with Gasteiger partial charge in [0.05, 0.1) is 5.56 Å². The maximum absolute atomic E-state index is 12.3. The van der Waals surface area contributed by atoms with Crippen molar-refractivity contribution in [2.75, 3.05) is 0 Å². The van der Waals surface area contributed by atoms with Crippen LogP contribution in [-0.4, -0.2) is 17.9 Å². The van der Waals surface area contributed by atoms with Crippen LogP contribution in [0.3, 0.4) is 0 Å². The molecule has 3 nitrogen and oxygen atoms in total. The maximum atomic E-state index is 12.3. The van der Waals surface area contributed by atoms with E-state index in [0.29, 0.717) is 17.0 Å². The van der Waals surface area contributed by atoms with Gasteiger partial charge in [-0.25, -0.2) is 4.79 Å². The first kappa shape index (κ1) is 17.4. The summed E-state index contributed by atoms with van der Waals surface area (Å²) in [6.07, 6.45) is -0.826. The van der Waals surface area contributed by atoms with Crippen LogP contribution in [0.2, 0.25) is 0 Å². The van der Waals surface area contributed by atoms with Gasteiger partial charge in [-0.05, 0) is 42.7 Å². The van der Waals surface area contributed by atoms with Crippen molar-refractivity contribution in [2.45, 2.75) is 32.8 Å². The largest absolute Gasteiger partial charge is 0.451 e. The predicted molar refractivity (Wildman–Crippen MR) is 93.9 cm³/mol. The quantitative estimate of drug-likeness (QED) is 0.546. The van der Waals surface area contributed by atoms with Gasteiger partial charge in [0.15, 0.2) is 6.10 Å².